The lowest BCUT2D eigenvalue weighted by molar-refractivity contribution is -0.136. The SMILES string of the molecule is COC(=O)C1=C(C)N=c2s/c(=C\c3cc(C)n(-c4ccc(C(=O)O)cc4)c3C)c(=O)n2[C@@H]1c1cc(Cl)ccc1OC. The Morgan fingerprint density at radius 1 is 1.07 bits per heavy atom. The fourth-order valence-corrected chi connectivity index (χ4v) is 6.35. The van der Waals surface area contributed by atoms with Crippen molar-refractivity contribution in [1.29, 1.82) is 0 Å². The number of halogens is 1. The van der Waals surface area contributed by atoms with Crippen molar-refractivity contribution in [3.05, 3.63) is 113 Å². The Morgan fingerprint density at radius 3 is 2.41 bits per heavy atom. The molecule has 3 heterocycles. The Kier molecular flexibility index (Phi) is 7.46. The van der Waals surface area contributed by atoms with Crippen molar-refractivity contribution >= 4 is 41.0 Å². The van der Waals surface area contributed by atoms with Crippen LogP contribution in [-0.4, -0.2) is 40.4 Å². The average molecular weight is 592 g/mol. The molecule has 2 aromatic heterocycles. The molecule has 0 spiro atoms. The van der Waals surface area contributed by atoms with Crippen LogP contribution in [0.4, 0.5) is 0 Å². The number of allylic oxidation sites excluding steroid dienone is 1. The maximum Gasteiger partial charge on any atom is 0.338 e. The number of hydrogen-bond donors (Lipinski definition) is 1. The maximum absolute atomic E-state index is 14.0. The molecule has 2 aromatic carbocycles. The van der Waals surface area contributed by atoms with Crippen molar-refractivity contribution in [3.63, 3.8) is 0 Å². The smallest absolute Gasteiger partial charge is 0.338 e. The molecule has 4 aromatic rings. The van der Waals surface area contributed by atoms with Crippen LogP contribution in [0.5, 0.6) is 5.75 Å². The third kappa shape index (κ3) is 4.89. The number of fused-ring (bicyclic) bond motifs is 1. The molecule has 5 rings (SSSR count). The van der Waals surface area contributed by atoms with Crippen LogP contribution in [-0.2, 0) is 9.53 Å². The molecule has 0 radical (unpaired) electrons. The third-order valence-electron chi connectivity index (χ3n) is 7.04. The lowest BCUT2D eigenvalue weighted by atomic mass is 9.95. The number of aryl methyl sites for hydroxylation is 1. The molecule has 210 valence electrons. The number of hydrogen-bond acceptors (Lipinski definition) is 7. The molecule has 1 aliphatic rings. The molecule has 0 aliphatic carbocycles. The highest BCUT2D eigenvalue weighted by molar-refractivity contribution is 7.07. The van der Waals surface area contributed by atoms with Gasteiger partial charge in [0.2, 0.25) is 0 Å². The predicted octanol–water partition coefficient (Wildman–Crippen LogP) is 4.18. The summed E-state index contributed by atoms with van der Waals surface area (Å²) in [5, 5.41) is 9.66. The van der Waals surface area contributed by atoms with E-state index >= 15 is 0 Å². The van der Waals surface area contributed by atoms with E-state index in [0.29, 0.717) is 31.4 Å². The van der Waals surface area contributed by atoms with Gasteiger partial charge in [-0.25, -0.2) is 14.6 Å². The third-order valence-corrected chi connectivity index (χ3v) is 8.26. The average Bonchev–Trinajstić information content (AvgIpc) is 3.41. The summed E-state index contributed by atoms with van der Waals surface area (Å²) in [5.74, 6) is -1.14. The van der Waals surface area contributed by atoms with Crippen LogP contribution in [0.2, 0.25) is 5.02 Å². The lowest BCUT2D eigenvalue weighted by Gasteiger charge is -2.25. The number of carbonyl (C=O) groups is 2. The lowest BCUT2D eigenvalue weighted by Crippen LogP contribution is -2.40. The maximum atomic E-state index is 14.0. The van der Waals surface area contributed by atoms with E-state index in [-0.39, 0.29) is 16.7 Å². The first-order valence-corrected chi connectivity index (χ1v) is 13.7. The number of aromatic nitrogens is 2. The zero-order valence-electron chi connectivity index (χ0n) is 22.9. The molecule has 9 nitrogen and oxygen atoms in total. The van der Waals surface area contributed by atoms with Crippen LogP contribution in [0.25, 0.3) is 11.8 Å². The van der Waals surface area contributed by atoms with Crippen molar-refractivity contribution in [1.82, 2.24) is 9.13 Å². The summed E-state index contributed by atoms with van der Waals surface area (Å²) in [7, 11) is 2.79. The molecule has 11 heteroatoms. The minimum absolute atomic E-state index is 0.199. The molecule has 0 amide bonds. The fraction of sp³-hybridized carbons (Fsp3) is 0.200. The predicted molar refractivity (Wildman–Crippen MR) is 156 cm³/mol. The normalized spacial score (nSPS) is 15.0. The van der Waals surface area contributed by atoms with Gasteiger partial charge in [-0.05, 0) is 80.9 Å². The first kappa shape index (κ1) is 28.1. The number of carboxylic acids is 1. The highest BCUT2D eigenvalue weighted by Crippen LogP contribution is 2.37. The Morgan fingerprint density at radius 2 is 1.78 bits per heavy atom. The minimum Gasteiger partial charge on any atom is -0.496 e. The number of esters is 1. The molecular formula is C30H26ClN3O6S. The molecule has 0 unspecified atom stereocenters. The van der Waals surface area contributed by atoms with Crippen LogP contribution in [0.15, 0.2) is 69.6 Å². The number of aromatic carboxylic acids is 1. The molecule has 0 saturated heterocycles. The number of ether oxygens (including phenoxy) is 2. The first-order chi connectivity index (χ1) is 19.5. The Hall–Kier alpha value is -4.41. The van der Waals surface area contributed by atoms with Gasteiger partial charge in [-0.3, -0.25) is 9.36 Å². The van der Waals surface area contributed by atoms with E-state index in [1.54, 1.807) is 55.5 Å². The topological polar surface area (TPSA) is 112 Å². The highest BCUT2D eigenvalue weighted by Gasteiger charge is 2.35. The Balaban J connectivity index is 1.70. The van der Waals surface area contributed by atoms with E-state index in [2.05, 4.69) is 4.99 Å². The number of rotatable bonds is 6. The summed E-state index contributed by atoms with van der Waals surface area (Å²) in [5.41, 5.74) is 4.45. The molecule has 0 fully saturated rings. The molecule has 1 N–H and O–H groups in total. The molecule has 41 heavy (non-hydrogen) atoms. The van der Waals surface area contributed by atoms with Gasteiger partial charge in [0.05, 0.1) is 35.6 Å². The molecular weight excluding hydrogens is 566 g/mol. The number of nitrogens with zero attached hydrogens (tertiary/aromatic N) is 3. The van der Waals surface area contributed by atoms with Gasteiger partial charge in [0.25, 0.3) is 5.56 Å². The summed E-state index contributed by atoms with van der Waals surface area (Å²) in [4.78, 5) is 43.3. The van der Waals surface area contributed by atoms with Crippen molar-refractivity contribution in [2.45, 2.75) is 26.8 Å². The van der Waals surface area contributed by atoms with Gasteiger partial charge < -0.3 is 19.1 Å². The summed E-state index contributed by atoms with van der Waals surface area (Å²) in [6.45, 7) is 5.57. The van der Waals surface area contributed by atoms with E-state index in [9.17, 15) is 19.5 Å². The van der Waals surface area contributed by atoms with Crippen LogP contribution >= 0.6 is 22.9 Å². The monoisotopic (exact) mass is 591 g/mol. The van der Waals surface area contributed by atoms with E-state index in [0.717, 1.165) is 22.6 Å². The summed E-state index contributed by atoms with van der Waals surface area (Å²) < 4.78 is 14.6. The van der Waals surface area contributed by atoms with E-state index in [1.807, 2.05) is 24.5 Å². The summed E-state index contributed by atoms with van der Waals surface area (Å²) in [6, 6.07) is 12.7. The first-order valence-electron chi connectivity index (χ1n) is 12.5. The number of benzene rings is 2. The van der Waals surface area contributed by atoms with Crippen LogP contribution in [0, 0.1) is 13.8 Å². The number of methoxy groups -OCH3 is 2. The van der Waals surface area contributed by atoms with Crippen molar-refractivity contribution in [2.75, 3.05) is 14.2 Å². The van der Waals surface area contributed by atoms with Gasteiger partial charge in [-0.15, -0.1) is 0 Å². The standard InChI is InChI=1S/C30H26ClN3O6S/c1-15-12-19(17(3)33(15)21-9-6-18(7-10-21)28(36)37)13-24-27(35)34-26(22-14-20(31)8-11-23(22)39-4)25(29(38)40-5)16(2)32-30(34)41-24/h6-14,26H,1-5H3,(H,36,37)/b24-13-/t26-/m1/s1. The molecule has 1 atom stereocenters. The van der Waals surface area contributed by atoms with Crippen molar-refractivity contribution in [2.24, 2.45) is 4.99 Å². The second-order valence-corrected chi connectivity index (χ2v) is 10.9. The van der Waals surface area contributed by atoms with E-state index in [1.165, 1.54) is 30.1 Å². The Labute approximate surface area is 243 Å². The zero-order chi connectivity index (χ0) is 29.6. The zero-order valence-corrected chi connectivity index (χ0v) is 24.5. The number of carbonyl (C=O) groups excluding carboxylic acids is 1. The van der Waals surface area contributed by atoms with Gasteiger partial charge in [0, 0.05) is 27.7 Å². The fourth-order valence-electron chi connectivity index (χ4n) is 5.13. The largest absolute Gasteiger partial charge is 0.496 e. The van der Waals surface area contributed by atoms with Gasteiger partial charge >= 0.3 is 11.9 Å². The molecule has 1 aliphatic heterocycles. The minimum atomic E-state index is -0.993. The molecule has 0 saturated carbocycles. The van der Waals surface area contributed by atoms with Crippen LogP contribution in [0.1, 0.15) is 45.8 Å². The summed E-state index contributed by atoms with van der Waals surface area (Å²) in [6.07, 6.45) is 1.80. The van der Waals surface area contributed by atoms with Gasteiger partial charge in [0.1, 0.15) is 11.8 Å². The second-order valence-electron chi connectivity index (χ2n) is 9.47. The molecule has 0 bridgehead atoms. The highest BCUT2D eigenvalue weighted by atomic mass is 35.5. The van der Waals surface area contributed by atoms with E-state index in [4.69, 9.17) is 21.1 Å². The van der Waals surface area contributed by atoms with Gasteiger partial charge in [-0.2, -0.15) is 0 Å². The van der Waals surface area contributed by atoms with Crippen LogP contribution in [0.3, 0.4) is 0 Å². The van der Waals surface area contributed by atoms with Gasteiger partial charge in [-0.1, -0.05) is 22.9 Å². The van der Waals surface area contributed by atoms with Crippen LogP contribution < -0.4 is 19.6 Å². The van der Waals surface area contributed by atoms with Crippen molar-refractivity contribution < 1.29 is 24.2 Å². The Bertz CT molecular complexity index is 1930. The quantitative estimate of drug-likeness (QED) is 0.337. The van der Waals surface area contributed by atoms with Gasteiger partial charge in [0.15, 0.2) is 4.80 Å². The second kappa shape index (κ2) is 10.9. The van der Waals surface area contributed by atoms with E-state index < -0.39 is 18.0 Å². The summed E-state index contributed by atoms with van der Waals surface area (Å²) >= 11 is 7.56. The number of carboxylic acid groups (broad SMARTS) is 1. The number of thiazole rings is 1. The van der Waals surface area contributed by atoms with Crippen molar-refractivity contribution in [3.8, 4) is 11.4 Å².